The van der Waals surface area contributed by atoms with Crippen molar-refractivity contribution < 1.29 is 9.18 Å². The number of aryl methyl sites for hydroxylation is 1. The minimum atomic E-state index is -0.374. The van der Waals surface area contributed by atoms with Gasteiger partial charge in [0.15, 0.2) is 5.13 Å². The Morgan fingerprint density at radius 1 is 1.27 bits per heavy atom. The van der Waals surface area contributed by atoms with E-state index in [0.29, 0.717) is 22.9 Å². The molecule has 0 bridgehead atoms. The van der Waals surface area contributed by atoms with Gasteiger partial charge in [-0.15, -0.1) is 12.4 Å². The van der Waals surface area contributed by atoms with E-state index < -0.39 is 0 Å². The molecule has 0 aliphatic carbocycles. The van der Waals surface area contributed by atoms with Crippen LogP contribution in [0, 0.1) is 5.82 Å². The SMILES string of the molecule is CN(C)CCCN(C(=O)c1ccnn1C)c1nc2c(F)cccc2s1.Cl. The van der Waals surface area contributed by atoms with E-state index in [9.17, 15) is 9.18 Å². The summed E-state index contributed by atoms with van der Waals surface area (Å²) in [5, 5.41) is 4.57. The van der Waals surface area contributed by atoms with Crippen molar-refractivity contribution in [2.45, 2.75) is 6.42 Å². The predicted molar refractivity (Wildman–Crippen MR) is 105 cm³/mol. The zero-order chi connectivity index (χ0) is 18.0. The zero-order valence-electron chi connectivity index (χ0n) is 14.8. The molecule has 0 atom stereocenters. The number of carbonyl (C=O) groups excluding carboxylic acids is 1. The summed E-state index contributed by atoms with van der Waals surface area (Å²) in [4.78, 5) is 21.0. The highest BCUT2D eigenvalue weighted by Crippen LogP contribution is 2.31. The predicted octanol–water partition coefficient (Wildman–Crippen LogP) is 3.19. The molecule has 3 aromatic rings. The molecule has 1 aromatic carbocycles. The van der Waals surface area contributed by atoms with E-state index in [2.05, 4.69) is 15.0 Å². The lowest BCUT2D eigenvalue weighted by Crippen LogP contribution is -2.34. The van der Waals surface area contributed by atoms with Gasteiger partial charge in [0.25, 0.3) is 5.91 Å². The van der Waals surface area contributed by atoms with Gasteiger partial charge in [0.05, 0.1) is 4.70 Å². The molecule has 0 unspecified atom stereocenters. The third kappa shape index (κ3) is 4.20. The molecule has 9 heteroatoms. The maximum atomic E-state index is 14.0. The fourth-order valence-corrected chi connectivity index (χ4v) is 3.57. The number of carbonyl (C=O) groups is 1. The number of fused-ring (bicyclic) bond motifs is 1. The molecule has 0 fully saturated rings. The molecular weight excluding hydrogens is 377 g/mol. The van der Waals surface area contributed by atoms with Crippen molar-refractivity contribution >= 4 is 45.0 Å². The van der Waals surface area contributed by atoms with E-state index >= 15 is 0 Å². The van der Waals surface area contributed by atoms with Gasteiger partial charge in [-0.05, 0) is 45.3 Å². The van der Waals surface area contributed by atoms with Gasteiger partial charge in [-0.1, -0.05) is 17.4 Å². The highest BCUT2D eigenvalue weighted by molar-refractivity contribution is 7.22. The average Bonchev–Trinajstić information content (AvgIpc) is 3.17. The lowest BCUT2D eigenvalue weighted by molar-refractivity contribution is 0.0977. The summed E-state index contributed by atoms with van der Waals surface area (Å²) >= 11 is 1.32. The van der Waals surface area contributed by atoms with E-state index in [4.69, 9.17) is 0 Å². The molecule has 6 nitrogen and oxygen atoms in total. The number of aromatic nitrogens is 3. The van der Waals surface area contributed by atoms with E-state index in [1.165, 1.54) is 22.1 Å². The van der Waals surface area contributed by atoms with Crippen LogP contribution < -0.4 is 4.90 Å². The smallest absolute Gasteiger partial charge is 0.278 e. The number of hydrogen-bond acceptors (Lipinski definition) is 5. The monoisotopic (exact) mass is 397 g/mol. The summed E-state index contributed by atoms with van der Waals surface area (Å²) in [6, 6.07) is 6.52. The standard InChI is InChI=1S/C17H20FN5OS.ClH/c1-21(2)10-5-11-23(16(24)13-8-9-19-22(13)3)17-20-15-12(18)6-4-7-14(15)25-17;/h4,6-9H,5,10-11H2,1-3H3;1H. The Morgan fingerprint density at radius 3 is 2.65 bits per heavy atom. The van der Waals surface area contributed by atoms with Crippen molar-refractivity contribution in [2.75, 3.05) is 32.1 Å². The number of halogens is 2. The highest BCUT2D eigenvalue weighted by Gasteiger charge is 2.23. The van der Waals surface area contributed by atoms with Crippen LogP contribution in [-0.2, 0) is 7.05 Å². The first-order valence-corrected chi connectivity index (χ1v) is 8.78. The van der Waals surface area contributed by atoms with Crippen LogP contribution in [0.2, 0.25) is 0 Å². The number of amides is 1. The number of nitrogens with zero attached hydrogens (tertiary/aromatic N) is 5. The maximum Gasteiger partial charge on any atom is 0.278 e. The lowest BCUT2D eigenvalue weighted by Gasteiger charge is -2.20. The van der Waals surface area contributed by atoms with Crippen molar-refractivity contribution in [3.05, 3.63) is 42.0 Å². The van der Waals surface area contributed by atoms with Crippen LogP contribution in [0.3, 0.4) is 0 Å². The first-order valence-electron chi connectivity index (χ1n) is 7.97. The molecule has 26 heavy (non-hydrogen) atoms. The van der Waals surface area contributed by atoms with Crippen molar-refractivity contribution in [3.8, 4) is 0 Å². The summed E-state index contributed by atoms with van der Waals surface area (Å²) < 4.78 is 16.2. The quantitative estimate of drug-likeness (QED) is 0.641. The van der Waals surface area contributed by atoms with Gasteiger partial charge in [0, 0.05) is 19.8 Å². The Morgan fingerprint density at radius 2 is 2.04 bits per heavy atom. The minimum absolute atomic E-state index is 0. The highest BCUT2D eigenvalue weighted by atomic mass is 35.5. The third-order valence-corrected chi connectivity index (χ3v) is 4.91. The molecule has 1 amide bonds. The van der Waals surface area contributed by atoms with Gasteiger partial charge in [-0.25, -0.2) is 9.37 Å². The maximum absolute atomic E-state index is 14.0. The number of rotatable bonds is 6. The van der Waals surface area contributed by atoms with E-state index in [1.54, 1.807) is 30.3 Å². The Balaban J connectivity index is 0.00000243. The summed E-state index contributed by atoms with van der Waals surface area (Å²) in [6.45, 7) is 1.35. The average molecular weight is 398 g/mol. The summed E-state index contributed by atoms with van der Waals surface area (Å²) in [6.07, 6.45) is 2.37. The van der Waals surface area contributed by atoms with Crippen molar-refractivity contribution in [1.82, 2.24) is 19.7 Å². The minimum Gasteiger partial charge on any atom is -0.309 e. The molecule has 2 heterocycles. The molecule has 0 spiro atoms. The molecule has 0 radical (unpaired) electrons. The Labute approximate surface area is 161 Å². The second-order valence-electron chi connectivity index (χ2n) is 6.04. The fourth-order valence-electron chi connectivity index (χ4n) is 2.57. The third-order valence-electron chi connectivity index (χ3n) is 3.86. The van der Waals surface area contributed by atoms with Crippen LogP contribution in [0.4, 0.5) is 9.52 Å². The molecule has 0 saturated carbocycles. The fraction of sp³-hybridized carbons (Fsp3) is 0.353. The number of thiazole rings is 1. The number of para-hydroxylation sites is 1. The number of benzene rings is 1. The van der Waals surface area contributed by atoms with Crippen LogP contribution in [0.25, 0.3) is 10.2 Å². The second-order valence-corrected chi connectivity index (χ2v) is 7.05. The van der Waals surface area contributed by atoms with Gasteiger partial charge in [-0.2, -0.15) is 5.10 Å². The zero-order valence-corrected chi connectivity index (χ0v) is 16.5. The van der Waals surface area contributed by atoms with E-state index in [-0.39, 0.29) is 24.1 Å². The first kappa shape index (κ1) is 20.3. The van der Waals surface area contributed by atoms with E-state index in [0.717, 1.165) is 17.7 Å². The topological polar surface area (TPSA) is 54.3 Å². The van der Waals surface area contributed by atoms with Crippen molar-refractivity contribution in [3.63, 3.8) is 0 Å². The van der Waals surface area contributed by atoms with Crippen LogP contribution in [0.15, 0.2) is 30.5 Å². The van der Waals surface area contributed by atoms with Crippen molar-refractivity contribution in [1.29, 1.82) is 0 Å². The van der Waals surface area contributed by atoms with Gasteiger partial charge in [0.2, 0.25) is 0 Å². The van der Waals surface area contributed by atoms with Crippen LogP contribution >= 0.6 is 23.7 Å². The molecule has 0 aliphatic heterocycles. The van der Waals surface area contributed by atoms with Crippen LogP contribution in [-0.4, -0.2) is 52.8 Å². The summed E-state index contributed by atoms with van der Waals surface area (Å²) in [5.41, 5.74) is 0.780. The molecule has 0 aliphatic rings. The largest absolute Gasteiger partial charge is 0.309 e. The molecule has 0 N–H and O–H groups in total. The van der Waals surface area contributed by atoms with Gasteiger partial charge in [-0.3, -0.25) is 14.4 Å². The Hall–Kier alpha value is -2.03. The van der Waals surface area contributed by atoms with Crippen LogP contribution in [0.5, 0.6) is 0 Å². The second kappa shape index (κ2) is 8.57. The van der Waals surface area contributed by atoms with Crippen molar-refractivity contribution in [2.24, 2.45) is 7.05 Å². The summed E-state index contributed by atoms with van der Waals surface area (Å²) in [5.74, 6) is -0.556. The van der Waals surface area contributed by atoms with Gasteiger partial charge < -0.3 is 4.90 Å². The Kier molecular flexibility index (Phi) is 6.69. The Bertz CT molecular complexity index is 894. The van der Waals surface area contributed by atoms with Gasteiger partial charge in [0.1, 0.15) is 17.0 Å². The molecule has 3 rings (SSSR count). The molecular formula is C17H21ClFN5OS. The molecule has 2 aromatic heterocycles. The normalized spacial score (nSPS) is 11.0. The van der Waals surface area contributed by atoms with E-state index in [1.807, 2.05) is 20.2 Å². The molecule has 140 valence electrons. The number of hydrogen-bond donors (Lipinski definition) is 0. The number of anilines is 1. The van der Waals surface area contributed by atoms with Gasteiger partial charge >= 0.3 is 0 Å². The summed E-state index contributed by atoms with van der Waals surface area (Å²) in [7, 11) is 5.70. The molecule has 0 saturated heterocycles. The van der Waals surface area contributed by atoms with Crippen LogP contribution in [0.1, 0.15) is 16.9 Å². The first-order chi connectivity index (χ1) is 12.0. The lowest BCUT2D eigenvalue weighted by atomic mass is 10.3.